The molecule has 0 radical (unpaired) electrons. The number of aryl methyl sites for hydroxylation is 2. The number of aromatic nitrogens is 10. The molecule has 9 aromatic rings. The standard InChI is InChI=1S/C33H36N6O3.C25H28N6O2/c1-22(2)39-31-29-19-28(36-30(31)23(3)37-39)27-10-8-16-35-33(27)42-18-6-5-17-41-32-25(9-7-15-34-32)21-38(29)20-24-11-13-26(40-4)14-12-24;1-16(2)31-23-21-14-20(29-22(23)17(3)30-31)19-9-7-11-27-25(19)33-13-5-4-12-32-24-18(15-28-21)8-6-10-26-24/h7-16,19,22H,5-6,17-18,20-21H2,1-4H3;6-11,14,16,28H,4-5,12-13,15H2,1-3H3. The van der Waals surface area contributed by atoms with Crippen molar-refractivity contribution in [1.82, 2.24) is 49.5 Å². The van der Waals surface area contributed by atoms with Crippen LogP contribution in [0.5, 0.6) is 29.3 Å². The fourth-order valence-electron chi connectivity index (χ4n) is 9.36. The van der Waals surface area contributed by atoms with Crippen LogP contribution < -0.4 is 33.9 Å². The quantitative estimate of drug-likeness (QED) is 0.172. The van der Waals surface area contributed by atoms with E-state index in [1.54, 1.807) is 31.9 Å². The van der Waals surface area contributed by atoms with Crippen molar-refractivity contribution in [2.75, 3.05) is 43.8 Å². The number of fused-ring (bicyclic) bond motifs is 14. The number of ether oxygens (including phenoxy) is 5. The minimum atomic E-state index is 0.138. The number of anilines is 2. The van der Waals surface area contributed by atoms with E-state index in [0.29, 0.717) is 69.6 Å². The molecular weight excluding hydrogens is 945 g/mol. The van der Waals surface area contributed by atoms with Crippen molar-refractivity contribution >= 4 is 33.4 Å². The molecule has 8 aromatic heterocycles. The van der Waals surface area contributed by atoms with Crippen molar-refractivity contribution in [3.05, 3.63) is 138 Å². The Bertz CT molecular complexity index is 3410. The van der Waals surface area contributed by atoms with Gasteiger partial charge in [0.1, 0.15) is 27.8 Å². The molecule has 0 fully saturated rings. The van der Waals surface area contributed by atoms with Crippen LogP contribution in [0.25, 0.3) is 44.6 Å². The first-order valence-electron chi connectivity index (χ1n) is 25.8. The van der Waals surface area contributed by atoms with Crippen LogP contribution in [0.4, 0.5) is 11.4 Å². The van der Waals surface area contributed by atoms with Gasteiger partial charge in [0, 0.05) is 67.6 Å². The van der Waals surface area contributed by atoms with Gasteiger partial charge in [-0.3, -0.25) is 9.36 Å². The molecule has 17 heteroatoms. The van der Waals surface area contributed by atoms with Gasteiger partial charge in [-0.15, -0.1) is 0 Å². The van der Waals surface area contributed by atoms with Crippen molar-refractivity contribution in [2.45, 2.75) is 98.9 Å². The second kappa shape index (κ2) is 22.8. The van der Waals surface area contributed by atoms with Crippen LogP contribution in [0.15, 0.2) is 110 Å². The first kappa shape index (κ1) is 50.2. The molecule has 0 spiro atoms. The van der Waals surface area contributed by atoms with E-state index in [4.69, 9.17) is 43.8 Å². The molecule has 0 aliphatic carbocycles. The van der Waals surface area contributed by atoms with Gasteiger partial charge in [-0.1, -0.05) is 24.3 Å². The summed E-state index contributed by atoms with van der Waals surface area (Å²) in [6, 6.07) is 28.6. The zero-order chi connectivity index (χ0) is 51.8. The molecule has 75 heavy (non-hydrogen) atoms. The van der Waals surface area contributed by atoms with Crippen LogP contribution >= 0.6 is 0 Å². The molecule has 17 nitrogen and oxygen atoms in total. The van der Waals surface area contributed by atoms with E-state index >= 15 is 0 Å². The molecule has 4 bridgehead atoms. The van der Waals surface area contributed by atoms with Crippen molar-refractivity contribution < 1.29 is 23.7 Å². The third-order valence-corrected chi connectivity index (χ3v) is 13.1. The summed E-state index contributed by atoms with van der Waals surface area (Å²) in [5.74, 6) is 3.29. The first-order valence-corrected chi connectivity index (χ1v) is 25.8. The second-order valence-electron chi connectivity index (χ2n) is 19.2. The lowest BCUT2D eigenvalue weighted by atomic mass is 10.1. The Hall–Kier alpha value is -8.34. The average Bonchev–Trinajstić information content (AvgIpc) is 3.96. The summed E-state index contributed by atoms with van der Waals surface area (Å²) >= 11 is 0. The van der Waals surface area contributed by atoms with Crippen molar-refractivity contribution in [3.8, 4) is 51.8 Å². The molecule has 2 aliphatic heterocycles. The van der Waals surface area contributed by atoms with Gasteiger partial charge in [0.25, 0.3) is 0 Å². The molecule has 0 saturated heterocycles. The SMILES string of the molecule is COc1ccc(CN2Cc3cccnc3OCCCCOc3ncccc3-c3cc2c2c(n3)c(C)nn2C(C)C)cc1.Cc1nn(C(C)C)c2c3cc(nc12)-c1cccnc1OCCCCOc1ncccc1CN3. The van der Waals surface area contributed by atoms with Crippen molar-refractivity contribution in [2.24, 2.45) is 0 Å². The number of hydrogen-bond donors (Lipinski definition) is 1. The van der Waals surface area contributed by atoms with Gasteiger partial charge in [0.2, 0.25) is 23.5 Å². The maximum atomic E-state index is 6.22. The molecule has 11 rings (SSSR count). The number of rotatable bonds is 5. The predicted molar refractivity (Wildman–Crippen MR) is 291 cm³/mol. The van der Waals surface area contributed by atoms with Crippen molar-refractivity contribution in [3.63, 3.8) is 0 Å². The summed E-state index contributed by atoms with van der Waals surface area (Å²) < 4.78 is 34.0. The third-order valence-electron chi connectivity index (χ3n) is 13.1. The summed E-state index contributed by atoms with van der Waals surface area (Å²) in [7, 11) is 1.68. The van der Waals surface area contributed by atoms with Crippen LogP contribution in [0, 0.1) is 13.8 Å². The minimum Gasteiger partial charge on any atom is -0.497 e. The highest BCUT2D eigenvalue weighted by atomic mass is 16.5. The molecule has 0 atom stereocenters. The van der Waals surface area contributed by atoms with E-state index in [-0.39, 0.29) is 12.1 Å². The lowest BCUT2D eigenvalue weighted by Gasteiger charge is -2.28. The van der Waals surface area contributed by atoms with Gasteiger partial charge in [0.05, 0.1) is 78.8 Å². The smallest absolute Gasteiger partial charge is 0.222 e. The third kappa shape index (κ3) is 11.1. The van der Waals surface area contributed by atoms with Gasteiger partial charge < -0.3 is 33.9 Å². The van der Waals surface area contributed by atoms with E-state index in [9.17, 15) is 0 Å². The summed E-state index contributed by atoms with van der Waals surface area (Å²) in [5, 5.41) is 13.3. The molecule has 10 heterocycles. The predicted octanol–water partition coefficient (Wildman–Crippen LogP) is 11.5. The molecule has 386 valence electrons. The Morgan fingerprint density at radius 3 is 1.61 bits per heavy atom. The maximum Gasteiger partial charge on any atom is 0.222 e. The van der Waals surface area contributed by atoms with E-state index < -0.39 is 0 Å². The Kier molecular flexibility index (Phi) is 15.3. The Labute approximate surface area is 437 Å². The lowest BCUT2D eigenvalue weighted by Crippen LogP contribution is -2.24. The van der Waals surface area contributed by atoms with Crippen LogP contribution in [-0.2, 0) is 19.6 Å². The molecule has 1 N–H and O–H groups in total. The number of benzene rings is 1. The van der Waals surface area contributed by atoms with Gasteiger partial charge in [-0.05, 0) is 133 Å². The van der Waals surface area contributed by atoms with Crippen LogP contribution in [-0.4, -0.2) is 83.0 Å². The zero-order valence-corrected chi connectivity index (χ0v) is 43.8. The summed E-state index contributed by atoms with van der Waals surface area (Å²) in [6.07, 6.45) is 10.4. The van der Waals surface area contributed by atoms with Gasteiger partial charge in [0.15, 0.2) is 0 Å². The highest BCUT2D eigenvalue weighted by Gasteiger charge is 2.25. The summed E-state index contributed by atoms with van der Waals surface area (Å²) in [5.41, 5.74) is 13.9. The monoisotopic (exact) mass is 1010 g/mol. The first-order chi connectivity index (χ1) is 36.6. The van der Waals surface area contributed by atoms with Crippen LogP contribution in [0.3, 0.4) is 0 Å². The highest BCUT2D eigenvalue weighted by Crippen LogP contribution is 2.39. The largest absolute Gasteiger partial charge is 0.497 e. The molecule has 1 aromatic carbocycles. The van der Waals surface area contributed by atoms with Crippen LogP contribution in [0.1, 0.15) is 93.5 Å². The van der Waals surface area contributed by atoms with E-state index in [1.165, 1.54) is 0 Å². The molecule has 0 amide bonds. The van der Waals surface area contributed by atoms with Gasteiger partial charge >= 0.3 is 0 Å². The Balaban J connectivity index is 0.000000176. The average molecular weight is 1010 g/mol. The number of pyridine rings is 6. The Morgan fingerprint density at radius 1 is 0.573 bits per heavy atom. The normalized spacial score (nSPS) is 14.1. The second-order valence-corrected chi connectivity index (χ2v) is 19.2. The van der Waals surface area contributed by atoms with E-state index in [0.717, 1.165) is 115 Å². The van der Waals surface area contributed by atoms with Gasteiger partial charge in [-0.25, -0.2) is 29.9 Å². The number of nitrogens with zero attached hydrogens (tertiary/aromatic N) is 11. The number of nitrogens with one attached hydrogen (secondary N) is 1. The maximum absolute atomic E-state index is 6.22. The Morgan fingerprint density at radius 2 is 1.05 bits per heavy atom. The summed E-state index contributed by atoms with van der Waals surface area (Å²) in [4.78, 5) is 30.6. The molecule has 0 unspecified atom stereocenters. The minimum absolute atomic E-state index is 0.138. The molecule has 0 saturated carbocycles. The van der Waals surface area contributed by atoms with Crippen LogP contribution in [0.2, 0.25) is 0 Å². The summed E-state index contributed by atoms with van der Waals surface area (Å²) in [6.45, 7) is 16.6. The van der Waals surface area contributed by atoms with Crippen molar-refractivity contribution in [1.29, 1.82) is 0 Å². The molecular formula is C58H64N12O5. The number of methoxy groups -OCH3 is 1. The topological polar surface area (TPSA) is 174 Å². The van der Waals surface area contributed by atoms with E-state index in [1.807, 2.05) is 73.1 Å². The van der Waals surface area contributed by atoms with Gasteiger partial charge in [-0.2, -0.15) is 10.2 Å². The highest BCUT2D eigenvalue weighted by molar-refractivity contribution is 5.94. The fraction of sp³-hybridized carbons (Fsp3) is 0.345. The number of hydrogen-bond acceptors (Lipinski definition) is 15. The lowest BCUT2D eigenvalue weighted by molar-refractivity contribution is 0.255. The molecule has 2 aliphatic rings. The fourth-order valence-corrected chi connectivity index (χ4v) is 9.36. The zero-order valence-electron chi connectivity index (χ0n) is 43.8. The van der Waals surface area contributed by atoms with E-state index in [2.05, 4.69) is 92.9 Å².